The van der Waals surface area contributed by atoms with Crippen LogP contribution in [0, 0.1) is 5.92 Å². The van der Waals surface area contributed by atoms with Crippen LogP contribution in [-0.2, 0) is 18.9 Å². The van der Waals surface area contributed by atoms with Crippen molar-refractivity contribution in [1.29, 1.82) is 0 Å². The first kappa shape index (κ1) is 21.1. The van der Waals surface area contributed by atoms with E-state index in [4.69, 9.17) is 18.9 Å². The summed E-state index contributed by atoms with van der Waals surface area (Å²) in [7, 11) is 0. The molecule has 0 heterocycles. The molecule has 0 bridgehead atoms. The van der Waals surface area contributed by atoms with Gasteiger partial charge in [0.25, 0.3) is 0 Å². The highest BCUT2D eigenvalue weighted by molar-refractivity contribution is 4.42. The summed E-state index contributed by atoms with van der Waals surface area (Å²) in [5.74, 6) is 0.701. The van der Waals surface area contributed by atoms with Gasteiger partial charge in [0.2, 0.25) is 0 Å². The summed E-state index contributed by atoms with van der Waals surface area (Å²) in [6, 6.07) is 0. The van der Waals surface area contributed by atoms with Crippen LogP contribution in [0.1, 0.15) is 41.5 Å². The fraction of sp³-hybridized carbons (Fsp3) is 1.00. The average Bonchev–Trinajstić information content (AvgIpc) is 2.29. The van der Waals surface area contributed by atoms with Gasteiger partial charge in [0, 0.05) is 6.61 Å². The number of rotatable bonds is 13. The molecule has 0 radical (unpaired) electrons. The van der Waals surface area contributed by atoms with E-state index in [2.05, 4.69) is 13.8 Å². The third-order valence-corrected chi connectivity index (χ3v) is 2.26. The summed E-state index contributed by atoms with van der Waals surface area (Å²) in [5.41, 5.74) is 0. The molecule has 0 fully saturated rings. The highest BCUT2D eigenvalue weighted by atomic mass is 16.6. The first-order valence-electron chi connectivity index (χ1n) is 6.97. The third-order valence-electron chi connectivity index (χ3n) is 2.26. The van der Waals surface area contributed by atoms with Crippen LogP contribution in [0.3, 0.4) is 0 Å². The first-order valence-corrected chi connectivity index (χ1v) is 6.97. The fourth-order valence-corrected chi connectivity index (χ4v) is 1.20. The molecule has 118 valence electrons. The summed E-state index contributed by atoms with van der Waals surface area (Å²) >= 11 is 0. The largest absolute Gasteiger partial charge is 0.379 e. The summed E-state index contributed by atoms with van der Waals surface area (Å²) in [6.45, 7) is 13.1. The van der Waals surface area contributed by atoms with E-state index < -0.39 is 0 Å². The predicted octanol–water partition coefficient (Wildman–Crippen LogP) is 3.14. The zero-order chi connectivity index (χ0) is 13.6. The molecule has 0 N–H and O–H groups in total. The number of ether oxygens (including phenoxy) is 4. The van der Waals surface area contributed by atoms with Crippen LogP contribution in [0.4, 0.5) is 0 Å². The third kappa shape index (κ3) is 20.3. The Balaban J connectivity index is 0. The molecule has 0 aromatic carbocycles. The Hall–Kier alpha value is -0.160. The quantitative estimate of drug-likeness (QED) is 0.485. The molecule has 19 heavy (non-hydrogen) atoms. The molecule has 0 aromatic heterocycles. The maximum Gasteiger partial charge on any atom is 0.0703 e. The Labute approximate surface area is 119 Å². The van der Waals surface area contributed by atoms with Gasteiger partial charge in [-0.2, -0.15) is 0 Å². The topological polar surface area (TPSA) is 36.9 Å². The highest BCUT2D eigenvalue weighted by Crippen LogP contribution is 1.98. The van der Waals surface area contributed by atoms with Crippen LogP contribution in [0.2, 0.25) is 0 Å². The van der Waals surface area contributed by atoms with Crippen LogP contribution < -0.4 is 0 Å². The minimum Gasteiger partial charge on any atom is -0.379 e. The minimum absolute atomic E-state index is 0. The van der Waals surface area contributed by atoms with Gasteiger partial charge in [-0.05, 0) is 26.2 Å². The molecular weight excluding hydrogens is 244 g/mol. The lowest BCUT2D eigenvalue weighted by atomic mass is 10.1. The van der Waals surface area contributed by atoms with Gasteiger partial charge in [0.1, 0.15) is 0 Å². The highest BCUT2D eigenvalue weighted by Gasteiger charge is 1.95. The van der Waals surface area contributed by atoms with Gasteiger partial charge < -0.3 is 18.9 Å². The average molecular weight is 278 g/mol. The van der Waals surface area contributed by atoms with Gasteiger partial charge >= 0.3 is 0 Å². The molecule has 0 aliphatic heterocycles. The molecule has 0 amide bonds. The standard InChI is InChI=1S/C14H30O4.CH4/c1-13(2)5-6-15-7-8-16-9-10-17-11-12-18-14(3)4;/h13-14H,5-12H2,1-4H3;1H4. The number of hydrogen-bond donors (Lipinski definition) is 0. The smallest absolute Gasteiger partial charge is 0.0703 e. The molecule has 0 rings (SSSR count). The summed E-state index contributed by atoms with van der Waals surface area (Å²) in [5, 5.41) is 0. The molecule has 0 aliphatic rings. The molecule has 0 atom stereocenters. The Kier molecular flexibility index (Phi) is 17.7. The second kappa shape index (κ2) is 15.9. The van der Waals surface area contributed by atoms with Crippen molar-refractivity contribution in [3.63, 3.8) is 0 Å². The van der Waals surface area contributed by atoms with E-state index in [1.807, 2.05) is 13.8 Å². The van der Waals surface area contributed by atoms with Crippen molar-refractivity contribution < 1.29 is 18.9 Å². The Morgan fingerprint density at radius 3 is 1.47 bits per heavy atom. The van der Waals surface area contributed by atoms with E-state index in [-0.39, 0.29) is 13.5 Å². The molecule has 0 saturated heterocycles. The Bertz CT molecular complexity index is 142. The maximum absolute atomic E-state index is 5.43. The van der Waals surface area contributed by atoms with E-state index in [0.29, 0.717) is 45.6 Å². The fourth-order valence-electron chi connectivity index (χ4n) is 1.20. The summed E-state index contributed by atoms with van der Waals surface area (Å²) < 4.78 is 21.5. The Morgan fingerprint density at radius 2 is 1.05 bits per heavy atom. The normalized spacial score (nSPS) is 11.1. The van der Waals surface area contributed by atoms with Crippen molar-refractivity contribution in [2.45, 2.75) is 47.6 Å². The van der Waals surface area contributed by atoms with Crippen molar-refractivity contribution in [3.05, 3.63) is 0 Å². The van der Waals surface area contributed by atoms with Crippen molar-refractivity contribution in [2.75, 3.05) is 46.2 Å². The van der Waals surface area contributed by atoms with E-state index >= 15 is 0 Å². The molecule has 0 aromatic rings. The van der Waals surface area contributed by atoms with Crippen LogP contribution in [0.5, 0.6) is 0 Å². The molecule has 0 saturated carbocycles. The summed E-state index contributed by atoms with van der Waals surface area (Å²) in [4.78, 5) is 0. The van der Waals surface area contributed by atoms with E-state index in [1.54, 1.807) is 0 Å². The van der Waals surface area contributed by atoms with Crippen molar-refractivity contribution in [3.8, 4) is 0 Å². The monoisotopic (exact) mass is 278 g/mol. The second-order valence-electron chi connectivity index (χ2n) is 4.94. The van der Waals surface area contributed by atoms with Crippen LogP contribution >= 0.6 is 0 Å². The van der Waals surface area contributed by atoms with Crippen molar-refractivity contribution in [1.82, 2.24) is 0 Å². The van der Waals surface area contributed by atoms with Gasteiger partial charge in [-0.1, -0.05) is 21.3 Å². The Morgan fingerprint density at radius 1 is 0.632 bits per heavy atom. The second-order valence-corrected chi connectivity index (χ2v) is 4.94. The van der Waals surface area contributed by atoms with E-state index in [1.165, 1.54) is 0 Å². The van der Waals surface area contributed by atoms with Crippen molar-refractivity contribution in [2.24, 2.45) is 5.92 Å². The first-order chi connectivity index (χ1) is 8.63. The molecular formula is C15H34O4. The molecule has 0 unspecified atom stereocenters. The maximum atomic E-state index is 5.43. The zero-order valence-corrected chi connectivity index (χ0v) is 12.4. The SMILES string of the molecule is C.CC(C)CCOCCOCCOCCOC(C)C. The van der Waals surface area contributed by atoms with Gasteiger partial charge in [0.05, 0.1) is 45.7 Å². The molecule has 0 aliphatic carbocycles. The van der Waals surface area contributed by atoms with Crippen LogP contribution in [-0.4, -0.2) is 52.4 Å². The van der Waals surface area contributed by atoms with Gasteiger partial charge in [-0.3, -0.25) is 0 Å². The minimum atomic E-state index is 0. The van der Waals surface area contributed by atoms with Crippen molar-refractivity contribution >= 4 is 0 Å². The van der Waals surface area contributed by atoms with Gasteiger partial charge in [-0.25, -0.2) is 0 Å². The van der Waals surface area contributed by atoms with Gasteiger partial charge in [0.15, 0.2) is 0 Å². The lowest BCUT2D eigenvalue weighted by Crippen LogP contribution is -2.13. The van der Waals surface area contributed by atoms with E-state index in [9.17, 15) is 0 Å². The summed E-state index contributed by atoms with van der Waals surface area (Å²) in [6.07, 6.45) is 1.38. The lowest BCUT2D eigenvalue weighted by molar-refractivity contribution is -0.0123. The van der Waals surface area contributed by atoms with E-state index in [0.717, 1.165) is 13.0 Å². The molecule has 0 spiro atoms. The molecule has 4 nitrogen and oxygen atoms in total. The predicted molar refractivity (Wildman–Crippen MR) is 79.7 cm³/mol. The zero-order valence-electron chi connectivity index (χ0n) is 12.4. The lowest BCUT2D eigenvalue weighted by Gasteiger charge is -2.09. The van der Waals surface area contributed by atoms with Crippen LogP contribution in [0.15, 0.2) is 0 Å². The van der Waals surface area contributed by atoms with Gasteiger partial charge in [-0.15, -0.1) is 0 Å². The molecule has 4 heteroatoms. The number of hydrogen-bond acceptors (Lipinski definition) is 4. The van der Waals surface area contributed by atoms with Crippen LogP contribution in [0.25, 0.3) is 0 Å².